The zero-order valence-corrected chi connectivity index (χ0v) is 15.9. The maximum Gasteiger partial charge on any atom is 0.433 e. The fourth-order valence-electron chi connectivity index (χ4n) is 2.93. The molecular weight excluding hydrogens is 454 g/mol. The van der Waals surface area contributed by atoms with Crippen molar-refractivity contribution >= 4 is 28.9 Å². The number of nitriles is 1. The van der Waals surface area contributed by atoms with Gasteiger partial charge in [0.1, 0.15) is 5.15 Å². The van der Waals surface area contributed by atoms with Gasteiger partial charge < -0.3 is 15.0 Å². The molecule has 2 aromatic rings. The van der Waals surface area contributed by atoms with Gasteiger partial charge in [0, 0.05) is 17.6 Å². The first-order valence-corrected chi connectivity index (χ1v) is 8.80. The molecule has 6 nitrogen and oxygen atoms in total. The quantitative estimate of drug-likeness (QED) is 0.539. The maximum atomic E-state index is 13.5. The predicted octanol–water partition coefficient (Wildman–Crippen LogP) is 4.36. The van der Waals surface area contributed by atoms with Crippen molar-refractivity contribution in [1.29, 1.82) is 5.26 Å². The monoisotopic (exact) mass is 464 g/mol. The van der Waals surface area contributed by atoms with Gasteiger partial charge in [0.25, 0.3) is 5.91 Å². The van der Waals surface area contributed by atoms with Crippen molar-refractivity contribution in [2.24, 2.45) is 0 Å². The minimum atomic E-state index is -5.01. The van der Waals surface area contributed by atoms with E-state index in [1.807, 2.05) is 0 Å². The Hall–Kier alpha value is -3.04. The average Bonchev–Trinajstić information content (AvgIpc) is 3.13. The highest BCUT2D eigenvalue weighted by molar-refractivity contribution is 6.29. The molecule has 1 amide bonds. The fraction of sp³-hybridized carbons (Fsp3) is 0.278. The second-order valence-corrected chi connectivity index (χ2v) is 6.75. The molecule has 31 heavy (non-hydrogen) atoms. The van der Waals surface area contributed by atoms with Crippen LogP contribution in [0.1, 0.15) is 11.1 Å². The molecule has 1 fully saturated rings. The summed E-state index contributed by atoms with van der Waals surface area (Å²) in [6, 6.07) is 6.05. The number of rotatable bonds is 3. The minimum Gasteiger partial charge on any atom is -0.335 e. The summed E-state index contributed by atoms with van der Waals surface area (Å²) >= 11 is 5.69. The zero-order valence-electron chi connectivity index (χ0n) is 15.1. The van der Waals surface area contributed by atoms with E-state index in [0.29, 0.717) is 11.0 Å². The Morgan fingerprint density at radius 1 is 1.23 bits per heavy atom. The van der Waals surface area contributed by atoms with Gasteiger partial charge in [0.2, 0.25) is 6.23 Å². The molecule has 3 rings (SSSR count). The summed E-state index contributed by atoms with van der Waals surface area (Å²) < 4.78 is 84.9. The van der Waals surface area contributed by atoms with E-state index in [1.165, 1.54) is 24.4 Å². The number of halogens is 7. The van der Waals surface area contributed by atoms with E-state index >= 15 is 0 Å². The van der Waals surface area contributed by atoms with Crippen LogP contribution in [0.25, 0.3) is 0 Å². The highest BCUT2D eigenvalue weighted by Crippen LogP contribution is 2.39. The number of aromatic nitrogens is 1. The first-order chi connectivity index (χ1) is 14.4. The third kappa shape index (κ3) is 5.00. The number of nitrogens with zero attached hydrogens (tertiary/aromatic N) is 3. The Morgan fingerprint density at radius 2 is 1.94 bits per heavy atom. The van der Waals surface area contributed by atoms with E-state index < -0.39 is 54.0 Å². The van der Waals surface area contributed by atoms with Gasteiger partial charge in [-0.05, 0) is 30.3 Å². The lowest BCUT2D eigenvalue weighted by atomic mass is 10.1. The molecule has 1 saturated heterocycles. The molecular formula is C18H11ClF6N4O2. The predicted molar refractivity (Wildman–Crippen MR) is 96.1 cm³/mol. The number of carbonyl (C=O) groups excluding carboxylic acids is 1. The number of hydrogen-bond acceptors (Lipinski definition) is 5. The van der Waals surface area contributed by atoms with Crippen LogP contribution in [-0.4, -0.2) is 35.9 Å². The van der Waals surface area contributed by atoms with E-state index in [1.54, 1.807) is 0 Å². The molecule has 2 atom stereocenters. The van der Waals surface area contributed by atoms with Crippen LogP contribution < -0.4 is 10.2 Å². The van der Waals surface area contributed by atoms with Gasteiger partial charge >= 0.3 is 12.4 Å². The molecule has 1 aliphatic rings. The third-order valence-electron chi connectivity index (χ3n) is 4.27. The smallest absolute Gasteiger partial charge is 0.335 e. The second-order valence-electron chi connectivity index (χ2n) is 6.37. The normalized spacial score (nSPS) is 19.2. The molecule has 1 N–H and O–H groups in total. The van der Waals surface area contributed by atoms with Crippen molar-refractivity contribution in [3.05, 3.63) is 52.8 Å². The van der Waals surface area contributed by atoms with Gasteiger partial charge in [-0.15, -0.1) is 0 Å². The van der Waals surface area contributed by atoms with Crippen molar-refractivity contribution in [2.45, 2.75) is 24.7 Å². The summed E-state index contributed by atoms with van der Waals surface area (Å²) in [5.74, 6) is -0.955. The van der Waals surface area contributed by atoms with Crippen molar-refractivity contribution < 1.29 is 35.9 Å². The van der Waals surface area contributed by atoms with Crippen LogP contribution in [-0.2, 0) is 15.7 Å². The fourth-order valence-corrected chi connectivity index (χ4v) is 3.11. The van der Waals surface area contributed by atoms with E-state index in [9.17, 15) is 31.1 Å². The van der Waals surface area contributed by atoms with Crippen molar-refractivity contribution in [3.63, 3.8) is 0 Å². The lowest BCUT2D eigenvalue weighted by molar-refractivity contribution is -0.212. The number of hydrogen-bond donors (Lipinski definition) is 1. The molecule has 164 valence electrons. The molecule has 1 aliphatic heterocycles. The number of carbonyl (C=O) groups is 1. The topological polar surface area (TPSA) is 78.3 Å². The van der Waals surface area contributed by atoms with Gasteiger partial charge in [-0.2, -0.15) is 31.6 Å². The largest absolute Gasteiger partial charge is 0.433 e. The SMILES string of the molecule is N#Cc1ccc(N2CC(C(=O)Nc3ccnc(Cl)c3)OC2C(F)(F)F)cc1C(F)(F)F. The maximum absolute atomic E-state index is 13.5. The van der Waals surface area contributed by atoms with Crippen LogP contribution in [0.4, 0.5) is 37.7 Å². The average molecular weight is 465 g/mol. The molecule has 1 aromatic heterocycles. The molecule has 2 unspecified atom stereocenters. The van der Waals surface area contributed by atoms with Gasteiger partial charge in [-0.3, -0.25) is 4.79 Å². The summed E-state index contributed by atoms with van der Waals surface area (Å²) in [7, 11) is 0. The lowest BCUT2D eigenvalue weighted by Crippen LogP contribution is -2.42. The van der Waals surface area contributed by atoms with Crippen LogP contribution in [0.3, 0.4) is 0 Å². The molecule has 13 heteroatoms. The number of ether oxygens (including phenoxy) is 1. The number of amides is 1. The van der Waals surface area contributed by atoms with Gasteiger partial charge in [-0.1, -0.05) is 11.6 Å². The molecule has 0 bridgehead atoms. The molecule has 0 saturated carbocycles. The molecule has 0 aliphatic carbocycles. The first-order valence-electron chi connectivity index (χ1n) is 8.42. The van der Waals surface area contributed by atoms with Crippen molar-refractivity contribution in [2.75, 3.05) is 16.8 Å². The second kappa shape index (κ2) is 8.24. The molecule has 0 radical (unpaired) electrons. The van der Waals surface area contributed by atoms with E-state index in [-0.39, 0.29) is 10.8 Å². The van der Waals surface area contributed by atoms with Crippen LogP contribution in [0.2, 0.25) is 5.15 Å². The van der Waals surface area contributed by atoms with Gasteiger partial charge in [-0.25, -0.2) is 4.98 Å². The standard InChI is InChI=1S/C18H11ClF6N4O2/c19-14-5-10(3-4-27-14)28-15(30)13-8-29(16(31-13)18(23,24)25)11-2-1-9(7-26)12(6-11)17(20,21)22/h1-6,13,16H,8H2,(H,27,28,30). The zero-order chi connectivity index (χ0) is 23.0. The van der Waals surface area contributed by atoms with E-state index in [2.05, 4.69) is 10.3 Å². The highest BCUT2D eigenvalue weighted by Gasteiger charge is 2.52. The summed E-state index contributed by atoms with van der Waals surface area (Å²) in [5.41, 5.74) is -2.50. The van der Waals surface area contributed by atoms with Crippen LogP contribution in [0.5, 0.6) is 0 Å². The summed E-state index contributed by atoms with van der Waals surface area (Å²) in [6.07, 6.45) is -13.0. The Labute approximate surface area is 176 Å². The number of nitrogens with one attached hydrogen (secondary N) is 1. The van der Waals surface area contributed by atoms with Crippen molar-refractivity contribution in [1.82, 2.24) is 4.98 Å². The molecule has 2 heterocycles. The Balaban J connectivity index is 1.91. The van der Waals surface area contributed by atoms with Crippen LogP contribution in [0.15, 0.2) is 36.5 Å². The van der Waals surface area contributed by atoms with E-state index in [4.69, 9.17) is 21.6 Å². The first kappa shape index (κ1) is 22.6. The van der Waals surface area contributed by atoms with Crippen LogP contribution >= 0.6 is 11.6 Å². The number of anilines is 2. The third-order valence-corrected chi connectivity index (χ3v) is 4.47. The number of alkyl halides is 6. The highest BCUT2D eigenvalue weighted by atomic mass is 35.5. The molecule has 0 spiro atoms. The Kier molecular flexibility index (Phi) is 6.02. The van der Waals surface area contributed by atoms with Gasteiger partial charge in [0.15, 0.2) is 6.10 Å². The Morgan fingerprint density at radius 3 is 2.52 bits per heavy atom. The minimum absolute atomic E-state index is 0.0252. The lowest BCUT2D eigenvalue weighted by Gasteiger charge is -2.27. The van der Waals surface area contributed by atoms with Crippen LogP contribution in [0, 0.1) is 11.3 Å². The summed E-state index contributed by atoms with van der Waals surface area (Å²) in [4.78, 5) is 16.6. The van der Waals surface area contributed by atoms with Gasteiger partial charge in [0.05, 0.1) is 23.7 Å². The molecule has 1 aromatic carbocycles. The summed E-state index contributed by atoms with van der Waals surface area (Å²) in [5, 5.41) is 11.2. The number of benzene rings is 1. The number of pyridine rings is 1. The van der Waals surface area contributed by atoms with Crippen molar-refractivity contribution in [3.8, 4) is 6.07 Å². The Bertz CT molecular complexity index is 1040. The van der Waals surface area contributed by atoms with E-state index in [0.717, 1.165) is 12.1 Å². The summed E-state index contributed by atoms with van der Waals surface area (Å²) in [6.45, 7) is -0.683.